The molecule has 1 saturated carbocycles. The molecule has 2 aromatic heterocycles. The van der Waals surface area contributed by atoms with Crippen LogP contribution in [0.1, 0.15) is 19.8 Å². The predicted octanol–water partition coefficient (Wildman–Crippen LogP) is 2.23. The molecule has 6 nitrogen and oxygen atoms in total. The third kappa shape index (κ3) is 3.66. The molecule has 0 aliphatic heterocycles. The van der Waals surface area contributed by atoms with Crippen LogP contribution in [0, 0.1) is 5.92 Å². The van der Waals surface area contributed by atoms with E-state index in [9.17, 15) is 4.79 Å². The summed E-state index contributed by atoms with van der Waals surface area (Å²) in [7, 11) is 0. The molecule has 0 bridgehead atoms. The second kappa shape index (κ2) is 6.05. The molecule has 3 rings (SSSR count). The molecule has 0 saturated heterocycles. The van der Waals surface area contributed by atoms with Gasteiger partial charge in [-0.25, -0.2) is 0 Å². The van der Waals surface area contributed by atoms with E-state index in [1.54, 1.807) is 25.4 Å². The van der Waals surface area contributed by atoms with Crippen LogP contribution in [0.25, 0.3) is 11.3 Å². The Kier molecular flexibility index (Phi) is 3.96. The van der Waals surface area contributed by atoms with Gasteiger partial charge in [0.1, 0.15) is 6.10 Å². The zero-order valence-corrected chi connectivity index (χ0v) is 11.9. The minimum Gasteiger partial charge on any atom is -0.368 e. The Bertz CT molecular complexity index is 607. The van der Waals surface area contributed by atoms with Crippen LogP contribution in [0.2, 0.25) is 0 Å². The molecule has 21 heavy (non-hydrogen) atoms. The number of aromatic amines is 1. The highest BCUT2D eigenvalue weighted by Crippen LogP contribution is 2.29. The lowest BCUT2D eigenvalue weighted by molar-refractivity contribution is -0.126. The van der Waals surface area contributed by atoms with E-state index >= 15 is 0 Å². The normalized spacial score (nSPS) is 15.7. The maximum atomic E-state index is 12.0. The number of amides is 1. The van der Waals surface area contributed by atoms with E-state index < -0.39 is 6.10 Å². The Morgan fingerprint density at radius 2 is 2.24 bits per heavy atom. The molecular weight excluding hydrogens is 268 g/mol. The number of rotatable bonds is 6. The van der Waals surface area contributed by atoms with Crippen LogP contribution in [-0.4, -0.2) is 33.8 Å². The molecule has 1 unspecified atom stereocenters. The number of aromatic nitrogens is 3. The Morgan fingerprint density at radius 3 is 2.95 bits per heavy atom. The first-order chi connectivity index (χ1) is 10.2. The summed E-state index contributed by atoms with van der Waals surface area (Å²) in [5, 5.41) is 9.74. The molecule has 1 fully saturated rings. The van der Waals surface area contributed by atoms with Gasteiger partial charge in [-0.2, -0.15) is 5.10 Å². The summed E-state index contributed by atoms with van der Waals surface area (Å²) in [5.74, 6) is 0.959. The van der Waals surface area contributed by atoms with Crippen molar-refractivity contribution in [2.24, 2.45) is 5.92 Å². The van der Waals surface area contributed by atoms with Crippen LogP contribution in [-0.2, 0) is 9.53 Å². The highest BCUT2D eigenvalue weighted by molar-refractivity contribution is 5.93. The van der Waals surface area contributed by atoms with E-state index in [4.69, 9.17) is 4.74 Å². The summed E-state index contributed by atoms with van der Waals surface area (Å²) in [6.07, 6.45) is 5.38. The maximum absolute atomic E-state index is 12.0. The number of nitrogens with one attached hydrogen (secondary N) is 2. The summed E-state index contributed by atoms with van der Waals surface area (Å²) in [4.78, 5) is 16.0. The molecule has 2 heterocycles. The summed E-state index contributed by atoms with van der Waals surface area (Å²) in [6.45, 7) is 2.42. The molecule has 2 aromatic rings. The van der Waals surface area contributed by atoms with E-state index in [0.717, 1.165) is 11.3 Å². The van der Waals surface area contributed by atoms with Gasteiger partial charge in [-0.1, -0.05) is 0 Å². The molecule has 1 amide bonds. The quantitative estimate of drug-likeness (QED) is 0.853. The van der Waals surface area contributed by atoms with Crippen molar-refractivity contribution in [3.8, 4) is 11.3 Å². The van der Waals surface area contributed by atoms with E-state index in [0.29, 0.717) is 18.3 Å². The molecular formula is C15H18N4O2. The number of carbonyl (C=O) groups is 1. The van der Waals surface area contributed by atoms with Gasteiger partial charge >= 0.3 is 0 Å². The van der Waals surface area contributed by atoms with E-state index in [1.807, 2.05) is 12.1 Å². The number of pyridine rings is 1. The van der Waals surface area contributed by atoms with Crippen molar-refractivity contribution in [1.82, 2.24) is 15.2 Å². The number of hydrogen-bond donors (Lipinski definition) is 2. The summed E-state index contributed by atoms with van der Waals surface area (Å²) in [6, 6.07) is 5.54. The Morgan fingerprint density at radius 1 is 1.48 bits per heavy atom. The maximum Gasteiger partial charge on any atom is 0.254 e. The second-order valence-electron chi connectivity index (χ2n) is 5.31. The van der Waals surface area contributed by atoms with Gasteiger partial charge in [0, 0.05) is 24.0 Å². The molecule has 0 spiro atoms. The first-order valence-electron chi connectivity index (χ1n) is 7.10. The number of ether oxygens (including phenoxy) is 1. The van der Waals surface area contributed by atoms with E-state index in [-0.39, 0.29) is 5.91 Å². The van der Waals surface area contributed by atoms with Crippen LogP contribution in [0.15, 0.2) is 30.6 Å². The van der Waals surface area contributed by atoms with Crippen molar-refractivity contribution in [3.63, 3.8) is 0 Å². The number of hydrogen-bond acceptors (Lipinski definition) is 4. The monoisotopic (exact) mass is 286 g/mol. The van der Waals surface area contributed by atoms with Gasteiger partial charge in [-0.05, 0) is 37.8 Å². The largest absolute Gasteiger partial charge is 0.368 e. The Hall–Kier alpha value is -2.21. The summed E-state index contributed by atoms with van der Waals surface area (Å²) >= 11 is 0. The summed E-state index contributed by atoms with van der Waals surface area (Å²) < 4.78 is 5.53. The fourth-order valence-electron chi connectivity index (χ4n) is 1.93. The van der Waals surface area contributed by atoms with Crippen LogP contribution in [0.5, 0.6) is 0 Å². The van der Waals surface area contributed by atoms with E-state index in [2.05, 4.69) is 20.5 Å². The predicted molar refractivity (Wildman–Crippen MR) is 78.6 cm³/mol. The van der Waals surface area contributed by atoms with Crippen LogP contribution in [0.4, 0.5) is 5.82 Å². The zero-order valence-electron chi connectivity index (χ0n) is 11.9. The molecule has 6 heteroatoms. The van der Waals surface area contributed by atoms with Gasteiger partial charge in [-0.3, -0.25) is 14.9 Å². The molecule has 110 valence electrons. The minimum atomic E-state index is -0.466. The fraction of sp³-hybridized carbons (Fsp3) is 0.400. The van der Waals surface area contributed by atoms with Gasteiger partial charge < -0.3 is 10.1 Å². The lowest BCUT2D eigenvalue weighted by Gasteiger charge is -2.11. The lowest BCUT2D eigenvalue weighted by Crippen LogP contribution is -2.28. The van der Waals surface area contributed by atoms with Crippen molar-refractivity contribution < 1.29 is 9.53 Å². The third-order valence-electron chi connectivity index (χ3n) is 3.47. The summed E-state index contributed by atoms with van der Waals surface area (Å²) in [5.41, 5.74) is 1.80. The van der Waals surface area contributed by atoms with E-state index in [1.165, 1.54) is 12.8 Å². The first-order valence-corrected chi connectivity index (χ1v) is 7.10. The van der Waals surface area contributed by atoms with Crippen LogP contribution >= 0.6 is 0 Å². The number of H-pyrrole nitrogens is 1. The van der Waals surface area contributed by atoms with Crippen molar-refractivity contribution in [2.45, 2.75) is 25.9 Å². The van der Waals surface area contributed by atoms with Crippen molar-refractivity contribution in [3.05, 3.63) is 30.6 Å². The van der Waals surface area contributed by atoms with Gasteiger partial charge in [0.05, 0.1) is 12.3 Å². The second-order valence-corrected chi connectivity index (χ2v) is 5.31. The first kappa shape index (κ1) is 13.8. The van der Waals surface area contributed by atoms with Gasteiger partial charge in [0.25, 0.3) is 5.91 Å². The molecule has 1 aliphatic carbocycles. The number of anilines is 1. The number of carbonyl (C=O) groups excluding carboxylic acids is 1. The third-order valence-corrected chi connectivity index (χ3v) is 3.47. The van der Waals surface area contributed by atoms with Gasteiger partial charge in [-0.15, -0.1) is 0 Å². The standard InChI is InChI=1S/C15H18N4O2/c1-10(21-9-11-2-3-11)15(20)17-14-8-13(18-19-14)12-4-6-16-7-5-12/h4-8,10-11H,2-3,9H2,1H3,(H2,17,18,19,20). The van der Waals surface area contributed by atoms with Crippen molar-refractivity contribution in [1.29, 1.82) is 0 Å². The fourth-order valence-corrected chi connectivity index (χ4v) is 1.93. The zero-order chi connectivity index (χ0) is 14.7. The number of nitrogens with zero attached hydrogens (tertiary/aromatic N) is 2. The Balaban J connectivity index is 1.57. The topological polar surface area (TPSA) is 79.9 Å². The highest BCUT2D eigenvalue weighted by atomic mass is 16.5. The average Bonchev–Trinajstić information content (AvgIpc) is 3.23. The minimum absolute atomic E-state index is 0.177. The van der Waals surface area contributed by atoms with Crippen LogP contribution < -0.4 is 5.32 Å². The lowest BCUT2D eigenvalue weighted by atomic mass is 10.2. The molecule has 2 N–H and O–H groups in total. The van der Waals surface area contributed by atoms with Crippen LogP contribution in [0.3, 0.4) is 0 Å². The molecule has 0 radical (unpaired) electrons. The smallest absolute Gasteiger partial charge is 0.254 e. The van der Waals surface area contributed by atoms with Gasteiger partial charge in [0.15, 0.2) is 5.82 Å². The Labute approximate surface area is 122 Å². The van der Waals surface area contributed by atoms with Gasteiger partial charge in [0.2, 0.25) is 0 Å². The van der Waals surface area contributed by atoms with Crippen molar-refractivity contribution >= 4 is 11.7 Å². The highest BCUT2D eigenvalue weighted by Gasteiger charge is 2.24. The molecule has 1 atom stereocenters. The average molecular weight is 286 g/mol. The molecule has 0 aromatic carbocycles. The molecule has 1 aliphatic rings. The SMILES string of the molecule is CC(OCC1CC1)C(=O)Nc1cc(-c2ccncc2)[nH]n1. The van der Waals surface area contributed by atoms with Crippen molar-refractivity contribution in [2.75, 3.05) is 11.9 Å².